The van der Waals surface area contributed by atoms with Crippen molar-refractivity contribution in [1.82, 2.24) is 19.7 Å². The van der Waals surface area contributed by atoms with Crippen molar-refractivity contribution >= 4 is 31.4 Å². The van der Waals surface area contributed by atoms with E-state index in [4.69, 9.17) is 0 Å². The molecular formula is C27H35FN6O4S2. The molecule has 1 aliphatic heterocycles. The molecule has 10 nitrogen and oxygen atoms in total. The Bertz CT molecular complexity index is 1630. The quantitative estimate of drug-likeness (QED) is 0.401. The Hall–Kier alpha value is -3.03. The molecule has 0 amide bonds. The van der Waals surface area contributed by atoms with Gasteiger partial charge in [0.05, 0.1) is 29.0 Å². The van der Waals surface area contributed by atoms with Crippen LogP contribution in [-0.4, -0.2) is 56.2 Å². The molecule has 0 bridgehead atoms. The monoisotopic (exact) mass is 590 g/mol. The first-order valence-corrected chi connectivity index (χ1v) is 16.5. The second kappa shape index (κ2) is 10.1. The molecule has 1 aliphatic carbocycles. The van der Waals surface area contributed by atoms with E-state index in [1.54, 1.807) is 50.7 Å². The second-order valence-corrected chi connectivity index (χ2v) is 15.4. The van der Waals surface area contributed by atoms with Crippen LogP contribution in [0.25, 0.3) is 16.9 Å². The van der Waals surface area contributed by atoms with Gasteiger partial charge in [-0.2, -0.15) is 0 Å². The summed E-state index contributed by atoms with van der Waals surface area (Å²) in [5, 5.41) is 8.55. The van der Waals surface area contributed by atoms with Gasteiger partial charge in [0.15, 0.2) is 0 Å². The SMILES string of the molecule is CCS(=O)(=O)Nc1ccc(-n2cc(-c3ccc(F)c(S(=O)(=O)NC(C)(C)C)c3)nn2)c(N2CCC3(CC2)CC3)c1. The molecule has 2 aromatic carbocycles. The van der Waals surface area contributed by atoms with Crippen molar-refractivity contribution in [2.24, 2.45) is 5.41 Å². The lowest BCUT2D eigenvalue weighted by Crippen LogP contribution is -2.40. The molecule has 2 N–H and O–H groups in total. The zero-order valence-electron chi connectivity index (χ0n) is 23.1. The van der Waals surface area contributed by atoms with E-state index < -0.39 is 36.3 Å². The third-order valence-corrected chi connectivity index (χ3v) is 10.5. The molecule has 1 saturated heterocycles. The summed E-state index contributed by atoms with van der Waals surface area (Å²) in [6.45, 7) is 8.32. The van der Waals surface area contributed by atoms with Crippen molar-refractivity contribution in [1.29, 1.82) is 0 Å². The van der Waals surface area contributed by atoms with E-state index in [1.165, 1.54) is 25.0 Å². The topological polar surface area (TPSA) is 126 Å². The minimum absolute atomic E-state index is 0.0383. The summed E-state index contributed by atoms with van der Waals surface area (Å²) in [7, 11) is -7.57. The van der Waals surface area contributed by atoms with Crippen LogP contribution in [0.15, 0.2) is 47.5 Å². The predicted molar refractivity (Wildman–Crippen MR) is 153 cm³/mol. The third kappa shape index (κ3) is 6.16. The van der Waals surface area contributed by atoms with Crippen LogP contribution in [0.4, 0.5) is 15.8 Å². The highest BCUT2D eigenvalue weighted by molar-refractivity contribution is 7.92. The standard InChI is InChI=1S/C27H35FN6O4S2/c1-5-39(35,36)30-20-7-9-23(24(17-20)33-14-12-27(10-11-27)13-15-33)34-18-22(29-32-34)19-6-8-21(28)25(16-19)40(37,38)31-26(2,3)4/h6-9,16-18,30-31H,5,10-15H2,1-4H3. The molecule has 13 heteroatoms. The minimum atomic E-state index is -4.11. The van der Waals surface area contributed by atoms with Crippen molar-refractivity contribution < 1.29 is 21.2 Å². The Morgan fingerprint density at radius 2 is 1.68 bits per heavy atom. The molecule has 3 aromatic rings. The second-order valence-electron chi connectivity index (χ2n) is 11.7. The van der Waals surface area contributed by atoms with Crippen LogP contribution in [0.1, 0.15) is 53.4 Å². The van der Waals surface area contributed by atoms with E-state index in [0.29, 0.717) is 28.0 Å². The molecule has 1 spiro atoms. The summed E-state index contributed by atoms with van der Waals surface area (Å²) in [6.07, 6.45) is 6.33. The number of hydrogen-bond acceptors (Lipinski definition) is 7. The maximum atomic E-state index is 14.6. The van der Waals surface area contributed by atoms with Gasteiger partial charge in [0, 0.05) is 24.2 Å². The molecule has 216 valence electrons. The van der Waals surface area contributed by atoms with Crippen LogP contribution in [-0.2, 0) is 20.0 Å². The Kier molecular flexibility index (Phi) is 7.20. The van der Waals surface area contributed by atoms with Crippen molar-refractivity contribution in [3.05, 3.63) is 48.4 Å². The zero-order valence-corrected chi connectivity index (χ0v) is 24.7. The average Bonchev–Trinajstić information content (AvgIpc) is 3.44. The number of hydrogen-bond donors (Lipinski definition) is 2. The van der Waals surface area contributed by atoms with Crippen LogP contribution in [0.2, 0.25) is 0 Å². The van der Waals surface area contributed by atoms with Crippen LogP contribution in [0.5, 0.6) is 0 Å². The van der Waals surface area contributed by atoms with Crippen LogP contribution in [0, 0.1) is 11.2 Å². The number of anilines is 2. The van der Waals surface area contributed by atoms with Gasteiger partial charge in [-0.25, -0.2) is 30.6 Å². The van der Waals surface area contributed by atoms with E-state index in [2.05, 4.69) is 24.7 Å². The van der Waals surface area contributed by atoms with Crippen molar-refractivity contribution in [2.45, 2.75) is 63.8 Å². The predicted octanol–water partition coefficient (Wildman–Crippen LogP) is 4.29. The van der Waals surface area contributed by atoms with Crippen LogP contribution in [0.3, 0.4) is 0 Å². The normalized spacial score (nSPS) is 17.3. The van der Waals surface area contributed by atoms with Crippen LogP contribution >= 0.6 is 0 Å². The van der Waals surface area contributed by atoms with Gasteiger partial charge in [-0.3, -0.25) is 4.72 Å². The first kappa shape index (κ1) is 28.5. The van der Waals surface area contributed by atoms with Gasteiger partial charge in [-0.05, 0) is 95.2 Å². The minimum Gasteiger partial charge on any atom is -0.370 e. The molecule has 1 aromatic heterocycles. The van der Waals surface area contributed by atoms with Crippen molar-refractivity contribution in [3.63, 3.8) is 0 Å². The highest BCUT2D eigenvalue weighted by atomic mass is 32.2. The number of halogens is 1. The van der Waals surface area contributed by atoms with Crippen molar-refractivity contribution in [2.75, 3.05) is 28.5 Å². The van der Waals surface area contributed by atoms with E-state index in [1.807, 2.05) is 6.07 Å². The molecule has 0 unspecified atom stereocenters. The molecule has 0 radical (unpaired) electrons. The number of benzene rings is 2. The molecular weight excluding hydrogens is 555 g/mol. The number of aromatic nitrogens is 3. The fourth-order valence-corrected chi connectivity index (χ4v) is 7.18. The summed E-state index contributed by atoms with van der Waals surface area (Å²) >= 11 is 0. The highest BCUT2D eigenvalue weighted by Crippen LogP contribution is 2.54. The highest BCUT2D eigenvalue weighted by Gasteiger charge is 2.44. The first-order chi connectivity index (χ1) is 18.7. The van der Waals surface area contributed by atoms with Crippen molar-refractivity contribution in [3.8, 4) is 16.9 Å². The molecule has 2 fully saturated rings. The number of nitrogens with one attached hydrogen (secondary N) is 2. The fourth-order valence-electron chi connectivity index (χ4n) is 5.02. The summed E-state index contributed by atoms with van der Waals surface area (Å²) in [4.78, 5) is 1.77. The van der Waals surface area contributed by atoms with Gasteiger partial charge in [0.1, 0.15) is 16.4 Å². The third-order valence-electron chi connectivity index (χ3n) is 7.45. The molecule has 5 rings (SSSR count). The number of piperidine rings is 1. The van der Waals surface area contributed by atoms with E-state index in [-0.39, 0.29) is 5.75 Å². The largest absolute Gasteiger partial charge is 0.370 e. The maximum absolute atomic E-state index is 14.6. The van der Waals surface area contributed by atoms with E-state index in [0.717, 1.165) is 37.7 Å². The number of sulfonamides is 2. The van der Waals surface area contributed by atoms with Gasteiger partial charge in [-0.1, -0.05) is 5.21 Å². The molecule has 2 heterocycles. The van der Waals surface area contributed by atoms with Crippen LogP contribution < -0.4 is 14.3 Å². The van der Waals surface area contributed by atoms with Gasteiger partial charge in [-0.15, -0.1) is 5.10 Å². The Labute approximate surface area is 235 Å². The molecule has 2 aliphatic rings. The van der Waals surface area contributed by atoms with E-state index >= 15 is 0 Å². The molecule has 40 heavy (non-hydrogen) atoms. The lowest BCUT2D eigenvalue weighted by molar-refractivity contribution is 0.384. The Balaban J connectivity index is 1.50. The fraction of sp³-hybridized carbons (Fsp3) is 0.481. The summed E-state index contributed by atoms with van der Waals surface area (Å²) in [5.74, 6) is -0.900. The average molecular weight is 591 g/mol. The summed E-state index contributed by atoms with van der Waals surface area (Å²) in [5.41, 5.74) is 2.42. The molecule has 0 atom stereocenters. The van der Waals surface area contributed by atoms with Gasteiger partial charge in [0.2, 0.25) is 20.0 Å². The first-order valence-electron chi connectivity index (χ1n) is 13.4. The number of nitrogens with zero attached hydrogens (tertiary/aromatic N) is 4. The number of rotatable bonds is 8. The van der Waals surface area contributed by atoms with Gasteiger partial charge < -0.3 is 4.90 Å². The summed E-state index contributed by atoms with van der Waals surface area (Å²) in [6, 6.07) is 9.10. The smallest absolute Gasteiger partial charge is 0.243 e. The summed E-state index contributed by atoms with van der Waals surface area (Å²) < 4.78 is 71.5. The van der Waals surface area contributed by atoms with E-state index in [9.17, 15) is 21.2 Å². The Morgan fingerprint density at radius 3 is 2.30 bits per heavy atom. The maximum Gasteiger partial charge on any atom is 0.243 e. The Morgan fingerprint density at radius 1 is 0.975 bits per heavy atom. The molecule has 1 saturated carbocycles. The van der Waals surface area contributed by atoms with Gasteiger partial charge in [0.25, 0.3) is 0 Å². The lowest BCUT2D eigenvalue weighted by atomic mass is 9.93. The zero-order chi connectivity index (χ0) is 28.9. The van der Waals surface area contributed by atoms with Gasteiger partial charge >= 0.3 is 0 Å². The lowest BCUT2D eigenvalue weighted by Gasteiger charge is -2.35.